The van der Waals surface area contributed by atoms with Gasteiger partial charge in [0.1, 0.15) is 0 Å². The van der Waals surface area contributed by atoms with E-state index >= 15 is 0 Å². The van der Waals surface area contributed by atoms with E-state index in [1.165, 1.54) is 44.3 Å². The average molecular weight is 274 g/mol. The summed E-state index contributed by atoms with van der Waals surface area (Å²) in [6.45, 7) is 7.02. The Kier molecular flexibility index (Phi) is 6.06. The first-order valence-corrected chi connectivity index (χ1v) is 8.30. The van der Waals surface area contributed by atoms with Crippen LogP contribution in [0.1, 0.15) is 57.6 Å². The molecule has 1 fully saturated rings. The maximum atomic E-state index is 6.53. The van der Waals surface area contributed by atoms with E-state index in [0.717, 1.165) is 12.3 Å². The first-order valence-electron chi connectivity index (χ1n) is 8.30. The highest BCUT2D eigenvalue weighted by molar-refractivity contribution is 5.20. The van der Waals surface area contributed by atoms with Crippen LogP contribution in [0.5, 0.6) is 0 Å². The van der Waals surface area contributed by atoms with Crippen molar-refractivity contribution >= 4 is 0 Å². The molecule has 0 aliphatic carbocycles. The van der Waals surface area contributed by atoms with E-state index in [4.69, 9.17) is 5.73 Å². The number of benzene rings is 1. The van der Waals surface area contributed by atoms with Crippen molar-refractivity contribution in [2.45, 2.75) is 58.0 Å². The van der Waals surface area contributed by atoms with Gasteiger partial charge in [-0.2, -0.15) is 0 Å². The molecule has 0 amide bonds. The van der Waals surface area contributed by atoms with E-state index in [0.29, 0.717) is 6.04 Å². The van der Waals surface area contributed by atoms with Gasteiger partial charge in [-0.25, -0.2) is 0 Å². The Hall–Kier alpha value is -0.860. The lowest BCUT2D eigenvalue weighted by atomic mass is 9.89. The third-order valence-electron chi connectivity index (χ3n) is 4.83. The van der Waals surface area contributed by atoms with Gasteiger partial charge in [0.25, 0.3) is 0 Å². The topological polar surface area (TPSA) is 29.3 Å². The predicted molar refractivity (Wildman–Crippen MR) is 86.7 cm³/mol. The summed E-state index contributed by atoms with van der Waals surface area (Å²) in [7, 11) is 0. The SMILES string of the molecule is CCCC1CCN(C(CC)C(N)c2ccccc2)CC1. The van der Waals surface area contributed by atoms with Crippen molar-refractivity contribution < 1.29 is 0 Å². The van der Waals surface area contributed by atoms with Crippen molar-refractivity contribution in [3.05, 3.63) is 35.9 Å². The molecule has 0 aromatic heterocycles. The Morgan fingerprint density at radius 2 is 1.80 bits per heavy atom. The Morgan fingerprint density at radius 1 is 1.15 bits per heavy atom. The van der Waals surface area contributed by atoms with E-state index in [1.807, 2.05) is 0 Å². The molecule has 1 heterocycles. The number of hydrogen-bond donors (Lipinski definition) is 1. The summed E-state index contributed by atoms with van der Waals surface area (Å²) in [5.41, 5.74) is 7.81. The molecule has 0 spiro atoms. The third kappa shape index (κ3) is 3.83. The van der Waals surface area contributed by atoms with Crippen molar-refractivity contribution in [1.29, 1.82) is 0 Å². The fourth-order valence-electron chi connectivity index (χ4n) is 3.62. The Labute approximate surface area is 124 Å². The lowest BCUT2D eigenvalue weighted by molar-refractivity contribution is 0.109. The lowest BCUT2D eigenvalue weighted by Crippen LogP contribution is -2.46. The fourth-order valence-corrected chi connectivity index (χ4v) is 3.62. The first-order chi connectivity index (χ1) is 9.76. The van der Waals surface area contributed by atoms with Gasteiger partial charge in [-0.05, 0) is 43.8 Å². The fraction of sp³-hybridized carbons (Fsp3) is 0.667. The highest BCUT2D eigenvalue weighted by Crippen LogP contribution is 2.28. The number of rotatable bonds is 6. The Bertz CT molecular complexity index is 368. The van der Waals surface area contributed by atoms with Gasteiger partial charge in [0, 0.05) is 12.1 Å². The summed E-state index contributed by atoms with van der Waals surface area (Å²) < 4.78 is 0. The molecule has 0 bridgehead atoms. The van der Waals surface area contributed by atoms with Crippen LogP contribution < -0.4 is 5.73 Å². The van der Waals surface area contributed by atoms with E-state index in [1.54, 1.807) is 0 Å². The molecule has 2 N–H and O–H groups in total. The number of hydrogen-bond acceptors (Lipinski definition) is 2. The highest BCUT2D eigenvalue weighted by atomic mass is 15.2. The number of nitrogens with two attached hydrogens (primary N) is 1. The minimum Gasteiger partial charge on any atom is -0.323 e. The van der Waals surface area contributed by atoms with Crippen molar-refractivity contribution in [2.75, 3.05) is 13.1 Å². The first kappa shape index (κ1) is 15.5. The average Bonchev–Trinajstić information content (AvgIpc) is 2.51. The molecular weight excluding hydrogens is 244 g/mol. The molecule has 1 aliphatic heterocycles. The van der Waals surface area contributed by atoms with Crippen molar-refractivity contribution in [2.24, 2.45) is 11.7 Å². The summed E-state index contributed by atoms with van der Waals surface area (Å²) in [6.07, 6.45) is 6.56. The van der Waals surface area contributed by atoms with Gasteiger partial charge in [-0.1, -0.05) is 57.0 Å². The highest BCUT2D eigenvalue weighted by Gasteiger charge is 2.28. The molecule has 2 heteroatoms. The van der Waals surface area contributed by atoms with Gasteiger partial charge in [0.05, 0.1) is 0 Å². The molecule has 2 nitrogen and oxygen atoms in total. The van der Waals surface area contributed by atoms with Gasteiger partial charge in [0.2, 0.25) is 0 Å². The summed E-state index contributed by atoms with van der Waals surface area (Å²) in [5, 5.41) is 0. The van der Waals surface area contributed by atoms with E-state index in [-0.39, 0.29) is 6.04 Å². The summed E-state index contributed by atoms with van der Waals surface area (Å²) in [4.78, 5) is 2.63. The Balaban J connectivity index is 1.95. The molecule has 20 heavy (non-hydrogen) atoms. The molecule has 1 saturated heterocycles. The molecule has 1 aromatic carbocycles. The quantitative estimate of drug-likeness (QED) is 0.850. The number of piperidine rings is 1. The van der Waals surface area contributed by atoms with Crippen LogP contribution in [0.25, 0.3) is 0 Å². The van der Waals surface area contributed by atoms with E-state index in [2.05, 4.69) is 49.1 Å². The molecule has 2 unspecified atom stereocenters. The second-order valence-corrected chi connectivity index (χ2v) is 6.18. The lowest BCUT2D eigenvalue weighted by Gasteiger charge is -2.40. The Morgan fingerprint density at radius 3 is 2.35 bits per heavy atom. The summed E-state index contributed by atoms with van der Waals surface area (Å²) in [5.74, 6) is 0.946. The van der Waals surface area contributed by atoms with Gasteiger partial charge in [0.15, 0.2) is 0 Å². The van der Waals surface area contributed by atoms with Crippen LogP contribution in [0, 0.1) is 5.92 Å². The van der Waals surface area contributed by atoms with Crippen molar-refractivity contribution in [1.82, 2.24) is 4.90 Å². The normalized spacial score (nSPS) is 20.8. The predicted octanol–water partition coefficient (Wildman–Crippen LogP) is 3.98. The maximum Gasteiger partial charge on any atom is 0.0453 e. The van der Waals surface area contributed by atoms with E-state index in [9.17, 15) is 0 Å². The van der Waals surface area contributed by atoms with Crippen LogP contribution in [0.3, 0.4) is 0 Å². The zero-order chi connectivity index (χ0) is 14.4. The molecular formula is C18H30N2. The van der Waals surface area contributed by atoms with E-state index < -0.39 is 0 Å². The van der Waals surface area contributed by atoms with Crippen molar-refractivity contribution in [3.8, 4) is 0 Å². The summed E-state index contributed by atoms with van der Waals surface area (Å²) in [6, 6.07) is 11.2. The molecule has 0 saturated carbocycles. The van der Waals surface area contributed by atoms with Gasteiger partial charge in [-0.15, -0.1) is 0 Å². The third-order valence-corrected chi connectivity index (χ3v) is 4.83. The van der Waals surface area contributed by atoms with Gasteiger partial charge in [-0.3, -0.25) is 4.90 Å². The van der Waals surface area contributed by atoms with Crippen LogP contribution in [0.4, 0.5) is 0 Å². The molecule has 0 radical (unpaired) electrons. The maximum absolute atomic E-state index is 6.53. The minimum atomic E-state index is 0.143. The van der Waals surface area contributed by atoms with Crippen LogP contribution in [-0.4, -0.2) is 24.0 Å². The standard InChI is InChI=1S/C18H30N2/c1-3-8-15-11-13-20(14-12-15)17(4-2)18(19)16-9-6-5-7-10-16/h5-7,9-10,15,17-18H,3-4,8,11-14,19H2,1-2H3. The monoisotopic (exact) mass is 274 g/mol. The smallest absolute Gasteiger partial charge is 0.0453 e. The van der Waals surface area contributed by atoms with Crippen LogP contribution in [0.15, 0.2) is 30.3 Å². The number of nitrogens with zero attached hydrogens (tertiary/aromatic N) is 1. The van der Waals surface area contributed by atoms with Crippen LogP contribution in [0.2, 0.25) is 0 Å². The van der Waals surface area contributed by atoms with Crippen molar-refractivity contribution in [3.63, 3.8) is 0 Å². The second-order valence-electron chi connectivity index (χ2n) is 6.18. The zero-order valence-electron chi connectivity index (χ0n) is 13.1. The molecule has 2 atom stereocenters. The molecule has 1 aromatic rings. The minimum absolute atomic E-state index is 0.143. The largest absolute Gasteiger partial charge is 0.323 e. The zero-order valence-corrected chi connectivity index (χ0v) is 13.1. The molecule has 2 rings (SSSR count). The van der Waals surface area contributed by atoms with Gasteiger partial charge >= 0.3 is 0 Å². The summed E-state index contributed by atoms with van der Waals surface area (Å²) >= 11 is 0. The van der Waals surface area contributed by atoms with Crippen LogP contribution >= 0.6 is 0 Å². The second kappa shape index (κ2) is 7.80. The molecule has 1 aliphatic rings. The van der Waals surface area contributed by atoms with Crippen LogP contribution in [-0.2, 0) is 0 Å². The number of likely N-dealkylation sites (tertiary alicyclic amines) is 1. The molecule has 112 valence electrons. The van der Waals surface area contributed by atoms with Gasteiger partial charge < -0.3 is 5.73 Å².